The highest BCUT2D eigenvalue weighted by molar-refractivity contribution is 5.80. The Kier molecular flexibility index (Phi) is 4.21. The van der Waals surface area contributed by atoms with Gasteiger partial charge in [-0.3, -0.25) is 4.79 Å². The minimum atomic E-state index is -0.552. The molecule has 0 radical (unpaired) electrons. The molecule has 1 aliphatic carbocycles. The van der Waals surface area contributed by atoms with Crippen molar-refractivity contribution in [2.24, 2.45) is 0 Å². The molecular formula is C16H21NO4. The summed E-state index contributed by atoms with van der Waals surface area (Å²) in [5.41, 5.74) is 1.30. The molecule has 0 saturated heterocycles. The van der Waals surface area contributed by atoms with E-state index >= 15 is 0 Å². The molecule has 1 aliphatic rings. The van der Waals surface area contributed by atoms with Crippen LogP contribution < -0.4 is 5.32 Å². The number of ether oxygens (including phenoxy) is 2. The standard InChI is InChI=1S/C16H21NO4/c1-16(2,3)21-15(19)17-13-9-12(14(18)20-4)10-7-5-6-8-11(10)13/h5-8,12-13H,9H2,1-4H3,(H,17,19)/t12-,13+/m1/s1. The Hall–Kier alpha value is -2.04. The first kappa shape index (κ1) is 15.4. The van der Waals surface area contributed by atoms with E-state index in [-0.39, 0.29) is 17.9 Å². The van der Waals surface area contributed by atoms with Crippen LogP contribution in [0.1, 0.15) is 50.3 Å². The fourth-order valence-corrected chi connectivity index (χ4v) is 2.59. The summed E-state index contributed by atoms with van der Waals surface area (Å²) in [4.78, 5) is 23.8. The summed E-state index contributed by atoms with van der Waals surface area (Å²) < 4.78 is 10.1. The molecule has 5 heteroatoms. The van der Waals surface area contributed by atoms with Crippen LogP contribution in [0.3, 0.4) is 0 Å². The van der Waals surface area contributed by atoms with Crippen molar-refractivity contribution in [3.8, 4) is 0 Å². The minimum Gasteiger partial charge on any atom is -0.469 e. The molecule has 0 saturated carbocycles. The van der Waals surface area contributed by atoms with Gasteiger partial charge in [-0.25, -0.2) is 4.79 Å². The molecule has 1 N–H and O–H groups in total. The van der Waals surface area contributed by atoms with Gasteiger partial charge in [-0.1, -0.05) is 24.3 Å². The minimum absolute atomic E-state index is 0.236. The molecule has 114 valence electrons. The zero-order valence-electron chi connectivity index (χ0n) is 12.8. The van der Waals surface area contributed by atoms with Crippen LogP contribution in [0.15, 0.2) is 24.3 Å². The summed E-state index contributed by atoms with van der Waals surface area (Å²) in [6, 6.07) is 7.35. The van der Waals surface area contributed by atoms with Gasteiger partial charge in [0.05, 0.1) is 19.1 Å². The fourth-order valence-electron chi connectivity index (χ4n) is 2.59. The third-order valence-electron chi connectivity index (χ3n) is 3.39. The van der Waals surface area contributed by atoms with Gasteiger partial charge in [0.2, 0.25) is 0 Å². The summed E-state index contributed by atoms with van der Waals surface area (Å²) in [7, 11) is 1.37. The number of carbonyl (C=O) groups is 2. The second-order valence-electron chi connectivity index (χ2n) is 6.14. The van der Waals surface area contributed by atoms with Crippen LogP contribution in [-0.4, -0.2) is 24.8 Å². The van der Waals surface area contributed by atoms with Gasteiger partial charge in [0.25, 0.3) is 0 Å². The number of fused-ring (bicyclic) bond motifs is 1. The van der Waals surface area contributed by atoms with E-state index < -0.39 is 11.7 Å². The lowest BCUT2D eigenvalue weighted by Gasteiger charge is -2.22. The maximum absolute atomic E-state index is 11.9. The zero-order chi connectivity index (χ0) is 15.6. The van der Waals surface area contributed by atoms with Crippen LogP contribution in [-0.2, 0) is 14.3 Å². The number of hydrogen-bond donors (Lipinski definition) is 1. The molecule has 1 aromatic carbocycles. The summed E-state index contributed by atoms with van der Waals surface area (Å²) in [6.07, 6.45) is 0.0125. The molecule has 0 spiro atoms. The lowest BCUT2D eigenvalue weighted by Crippen LogP contribution is -2.34. The number of rotatable bonds is 2. The normalized spacial score (nSPS) is 20.6. The van der Waals surface area contributed by atoms with Gasteiger partial charge in [-0.2, -0.15) is 0 Å². The van der Waals surface area contributed by atoms with E-state index in [4.69, 9.17) is 9.47 Å². The third-order valence-corrected chi connectivity index (χ3v) is 3.39. The molecular weight excluding hydrogens is 270 g/mol. The number of methoxy groups -OCH3 is 1. The average Bonchev–Trinajstić information content (AvgIpc) is 2.75. The highest BCUT2D eigenvalue weighted by atomic mass is 16.6. The smallest absolute Gasteiger partial charge is 0.408 e. The Morgan fingerprint density at radius 2 is 1.81 bits per heavy atom. The Balaban J connectivity index is 2.16. The molecule has 5 nitrogen and oxygen atoms in total. The quantitative estimate of drug-likeness (QED) is 0.851. The predicted molar refractivity (Wildman–Crippen MR) is 77.9 cm³/mol. The molecule has 0 fully saturated rings. The van der Waals surface area contributed by atoms with Crippen molar-refractivity contribution in [1.82, 2.24) is 5.32 Å². The van der Waals surface area contributed by atoms with Crippen LogP contribution in [0.4, 0.5) is 4.79 Å². The molecule has 2 rings (SSSR count). The second kappa shape index (κ2) is 5.76. The van der Waals surface area contributed by atoms with Gasteiger partial charge < -0.3 is 14.8 Å². The highest BCUT2D eigenvalue weighted by Gasteiger charge is 2.37. The lowest BCUT2D eigenvalue weighted by atomic mass is 10.0. The number of esters is 1. The number of alkyl carbamates (subject to hydrolysis) is 1. The number of amides is 1. The third kappa shape index (κ3) is 3.54. The highest BCUT2D eigenvalue weighted by Crippen LogP contribution is 2.40. The fraction of sp³-hybridized carbons (Fsp3) is 0.500. The number of nitrogens with one attached hydrogen (secondary N) is 1. The summed E-state index contributed by atoms with van der Waals surface area (Å²) in [5.74, 6) is -0.623. The van der Waals surface area contributed by atoms with Crippen LogP contribution in [0.2, 0.25) is 0 Å². The second-order valence-corrected chi connectivity index (χ2v) is 6.14. The number of hydrogen-bond acceptors (Lipinski definition) is 4. The molecule has 1 amide bonds. The van der Waals surface area contributed by atoms with Crippen molar-refractivity contribution < 1.29 is 19.1 Å². The van der Waals surface area contributed by atoms with Crippen molar-refractivity contribution in [3.05, 3.63) is 35.4 Å². The van der Waals surface area contributed by atoms with Crippen LogP contribution in [0, 0.1) is 0 Å². The van der Waals surface area contributed by atoms with Crippen molar-refractivity contribution in [3.63, 3.8) is 0 Å². The molecule has 0 unspecified atom stereocenters. The molecule has 0 aliphatic heterocycles. The summed E-state index contributed by atoms with van der Waals surface area (Å²) in [5, 5.41) is 2.83. The van der Waals surface area contributed by atoms with Gasteiger partial charge in [-0.15, -0.1) is 0 Å². The van der Waals surface area contributed by atoms with E-state index in [1.54, 1.807) is 0 Å². The van der Waals surface area contributed by atoms with Crippen LogP contribution in [0.25, 0.3) is 0 Å². The molecule has 0 heterocycles. The maximum atomic E-state index is 11.9. The molecule has 21 heavy (non-hydrogen) atoms. The first-order valence-corrected chi connectivity index (χ1v) is 6.98. The molecule has 2 atom stereocenters. The number of carbonyl (C=O) groups excluding carboxylic acids is 2. The van der Waals surface area contributed by atoms with E-state index in [1.165, 1.54) is 7.11 Å². The van der Waals surface area contributed by atoms with Gasteiger partial charge in [0.1, 0.15) is 5.60 Å². The predicted octanol–water partition coefficient (Wildman–Crippen LogP) is 2.91. The Labute approximate surface area is 124 Å². The molecule has 0 bridgehead atoms. The van der Waals surface area contributed by atoms with Gasteiger partial charge in [-0.05, 0) is 38.3 Å². The first-order valence-electron chi connectivity index (χ1n) is 6.98. The van der Waals surface area contributed by atoms with Crippen molar-refractivity contribution >= 4 is 12.1 Å². The van der Waals surface area contributed by atoms with Gasteiger partial charge in [0.15, 0.2) is 0 Å². The topological polar surface area (TPSA) is 64.6 Å². The summed E-state index contributed by atoms with van der Waals surface area (Å²) >= 11 is 0. The molecule has 1 aromatic rings. The van der Waals surface area contributed by atoms with Gasteiger partial charge in [0, 0.05) is 0 Å². The number of benzene rings is 1. The Morgan fingerprint density at radius 3 is 2.38 bits per heavy atom. The average molecular weight is 291 g/mol. The van der Waals surface area contributed by atoms with Crippen LogP contribution >= 0.6 is 0 Å². The Bertz CT molecular complexity index is 547. The first-order chi connectivity index (χ1) is 9.81. The summed E-state index contributed by atoms with van der Waals surface area (Å²) in [6.45, 7) is 5.44. The molecule has 0 aromatic heterocycles. The monoisotopic (exact) mass is 291 g/mol. The van der Waals surface area contributed by atoms with Crippen molar-refractivity contribution in [1.29, 1.82) is 0 Å². The van der Waals surface area contributed by atoms with Crippen molar-refractivity contribution in [2.75, 3.05) is 7.11 Å². The van der Waals surface area contributed by atoms with E-state index in [2.05, 4.69) is 5.32 Å². The van der Waals surface area contributed by atoms with Gasteiger partial charge >= 0.3 is 12.1 Å². The van der Waals surface area contributed by atoms with E-state index in [1.807, 2.05) is 45.0 Å². The maximum Gasteiger partial charge on any atom is 0.408 e. The zero-order valence-corrected chi connectivity index (χ0v) is 12.8. The van der Waals surface area contributed by atoms with E-state index in [0.717, 1.165) is 11.1 Å². The SMILES string of the molecule is COC(=O)[C@@H]1C[C@H](NC(=O)OC(C)(C)C)c2ccccc21. The van der Waals surface area contributed by atoms with Crippen molar-refractivity contribution in [2.45, 2.75) is 44.8 Å². The van der Waals surface area contributed by atoms with Crippen LogP contribution in [0.5, 0.6) is 0 Å². The largest absolute Gasteiger partial charge is 0.469 e. The van der Waals surface area contributed by atoms with E-state index in [0.29, 0.717) is 6.42 Å². The Morgan fingerprint density at radius 1 is 1.19 bits per heavy atom. The van der Waals surface area contributed by atoms with E-state index in [9.17, 15) is 9.59 Å². The lowest BCUT2D eigenvalue weighted by molar-refractivity contribution is -0.142.